The number of hydrogen-bond acceptors (Lipinski definition) is 2. The van der Waals surface area contributed by atoms with Crippen LogP contribution in [-0.2, 0) is 6.42 Å². The second-order valence-corrected chi connectivity index (χ2v) is 5.84. The zero-order valence-electron chi connectivity index (χ0n) is 11.1. The number of benzene rings is 1. The lowest BCUT2D eigenvalue weighted by molar-refractivity contribution is 0.0900. The van der Waals surface area contributed by atoms with Gasteiger partial charge in [-0.15, -0.1) is 0 Å². The molecule has 0 heterocycles. The van der Waals surface area contributed by atoms with E-state index in [1.54, 1.807) is 7.11 Å². The highest BCUT2D eigenvalue weighted by Gasteiger charge is 2.62. The minimum absolute atomic E-state index is 0.287. The van der Waals surface area contributed by atoms with Crippen LogP contribution in [-0.4, -0.2) is 17.8 Å². The van der Waals surface area contributed by atoms with Gasteiger partial charge in [0.2, 0.25) is 0 Å². The van der Waals surface area contributed by atoms with Gasteiger partial charge < -0.3 is 9.84 Å². The first-order valence-electron chi connectivity index (χ1n) is 7.09. The average Bonchev–Trinajstić information content (AvgIpc) is 3.01. The van der Waals surface area contributed by atoms with Crippen molar-refractivity contribution < 1.29 is 9.84 Å². The number of hydrogen-bond donors (Lipinski definition) is 1. The predicted molar refractivity (Wildman–Crippen MR) is 71.7 cm³/mol. The van der Waals surface area contributed by atoms with Gasteiger partial charge in [0.1, 0.15) is 5.75 Å². The molecule has 98 valence electrons. The largest absolute Gasteiger partial charge is 0.497 e. The van der Waals surface area contributed by atoms with E-state index in [2.05, 4.69) is 12.1 Å². The summed E-state index contributed by atoms with van der Waals surface area (Å²) in [5.41, 5.74) is 1.06. The SMILES string of the molecule is COc1ccc(CC[C@H]2[C@H]3CCCC[C@]32O)cc1. The summed E-state index contributed by atoms with van der Waals surface area (Å²) in [6.07, 6.45) is 7.01. The highest BCUT2D eigenvalue weighted by atomic mass is 16.5. The molecule has 2 aliphatic carbocycles. The van der Waals surface area contributed by atoms with Crippen LogP contribution in [0.5, 0.6) is 5.75 Å². The molecule has 1 aromatic rings. The third-order valence-electron chi connectivity index (χ3n) is 4.91. The molecule has 2 aliphatic rings. The summed E-state index contributed by atoms with van der Waals surface area (Å²) in [6, 6.07) is 8.30. The molecule has 0 unspecified atom stereocenters. The van der Waals surface area contributed by atoms with E-state index in [-0.39, 0.29) is 5.60 Å². The Morgan fingerprint density at radius 2 is 2.06 bits per heavy atom. The Bertz CT molecular complexity index is 412. The number of aryl methyl sites for hydroxylation is 1. The van der Waals surface area contributed by atoms with Gasteiger partial charge in [0, 0.05) is 0 Å². The van der Waals surface area contributed by atoms with E-state index >= 15 is 0 Å². The highest BCUT2D eigenvalue weighted by molar-refractivity contribution is 5.27. The van der Waals surface area contributed by atoms with Gasteiger partial charge in [0.25, 0.3) is 0 Å². The number of methoxy groups -OCH3 is 1. The molecule has 0 radical (unpaired) electrons. The number of rotatable bonds is 4. The third-order valence-corrected chi connectivity index (χ3v) is 4.91. The minimum atomic E-state index is -0.287. The molecular weight excluding hydrogens is 224 g/mol. The second-order valence-electron chi connectivity index (χ2n) is 5.84. The molecule has 0 amide bonds. The molecule has 3 atom stereocenters. The van der Waals surface area contributed by atoms with E-state index in [0.717, 1.165) is 25.0 Å². The molecule has 18 heavy (non-hydrogen) atoms. The highest BCUT2D eigenvalue weighted by Crippen LogP contribution is 2.60. The molecule has 2 saturated carbocycles. The van der Waals surface area contributed by atoms with Crippen LogP contribution in [0.15, 0.2) is 24.3 Å². The van der Waals surface area contributed by atoms with Crippen molar-refractivity contribution in [1.29, 1.82) is 0 Å². The predicted octanol–water partition coefficient (Wildman–Crippen LogP) is 3.18. The van der Waals surface area contributed by atoms with Crippen LogP contribution in [0.1, 0.15) is 37.7 Å². The van der Waals surface area contributed by atoms with Crippen molar-refractivity contribution in [3.8, 4) is 5.75 Å². The molecule has 2 fully saturated rings. The molecule has 3 rings (SSSR count). The molecule has 0 aromatic heterocycles. The number of fused-ring (bicyclic) bond motifs is 1. The lowest BCUT2D eigenvalue weighted by Crippen LogP contribution is -2.16. The van der Waals surface area contributed by atoms with Gasteiger partial charge in [0.15, 0.2) is 0 Å². The fraction of sp³-hybridized carbons (Fsp3) is 0.625. The van der Waals surface area contributed by atoms with Crippen molar-refractivity contribution in [2.45, 2.75) is 44.1 Å². The summed E-state index contributed by atoms with van der Waals surface area (Å²) in [7, 11) is 1.69. The monoisotopic (exact) mass is 246 g/mol. The lowest BCUT2D eigenvalue weighted by atomic mass is 9.98. The summed E-state index contributed by atoms with van der Waals surface area (Å²) >= 11 is 0. The van der Waals surface area contributed by atoms with Gasteiger partial charge in [-0.1, -0.05) is 25.0 Å². The van der Waals surface area contributed by atoms with Gasteiger partial charge in [-0.25, -0.2) is 0 Å². The molecule has 1 N–H and O–H groups in total. The Morgan fingerprint density at radius 3 is 2.67 bits per heavy atom. The number of aliphatic hydroxyl groups is 1. The van der Waals surface area contributed by atoms with Crippen LogP contribution in [0.25, 0.3) is 0 Å². The minimum Gasteiger partial charge on any atom is -0.497 e. The zero-order valence-corrected chi connectivity index (χ0v) is 11.1. The molecule has 0 aliphatic heterocycles. The van der Waals surface area contributed by atoms with E-state index < -0.39 is 0 Å². The van der Waals surface area contributed by atoms with Crippen LogP contribution in [0, 0.1) is 11.8 Å². The Labute approximate surface area is 109 Å². The first-order chi connectivity index (χ1) is 8.74. The quantitative estimate of drug-likeness (QED) is 0.884. The van der Waals surface area contributed by atoms with E-state index in [0.29, 0.717) is 11.8 Å². The molecule has 0 saturated heterocycles. The Morgan fingerprint density at radius 1 is 1.28 bits per heavy atom. The molecule has 2 nitrogen and oxygen atoms in total. The first kappa shape index (κ1) is 12.0. The van der Waals surface area contributed by atoms with Crippen LogP contribution >= 0.6 is 0 Å². The van der Waals surface area contributed by atoms with Crippen LogP contribution in [0.3, 0.4) is 0 Å². The van der Waals surface area contributed by atoms with Gasteiger partial charge in [-0.3, -0.25) is 0 Å². The maximum Gasteiger partial charge on any atom is 0.118 e. The van der Waals surface area contributed by atoms with Gasteiger partial charge in [-0.05, 0) is 55.2 Å². The Hall–Kier alpha value is -1.02. The molecule has 0 spiro atoms. The van der Waals surface area contributed by atoms with Crippen molar-refractivity contribution in [2.75, 3.05) is 7.11 Å². The fourth-order valence-electron chi connectivity index (χ4n) is 3.75. The summed E-state index contributed by atoms with van der Waals surface area (Å²) in [4.78, 5) is 0. The molecule has 0 bridgehead atoms. The second kappa shape index (κ2) is 4.58. The number of ether oxygens (including phenoxy) is 1. The summed E-state index contributed by atoms with van der Waals surface area (Å²) in [5, 5.41) is 10.4. The maximum atomic E-state index is 10.4. The van der Waals surface area contributed by atoms with Gasteiger partial charge in [0.05, 0.1) is 12.7 Å². The average molecular weight is 246 g/mol. The smallest absolute Gasteiger partial charge is 0.118 e. The van der Waals surface area contributed by atoms with Crippen LogP contribution in [0.4, 0.5) is 0 Å². The summed E-state index contributed by atoms with van der Waals surface area (Å²) < 4.78 is 5.16. The van der Waals surface area contributed by atoms with E-state index in [1.165, 1.54) is 24.8 Å². The molecular formula is C16H22O2. The fourth-order valence-corrected chi connectivity index (χ4v) is 3.75. The summed E-state index contributed by atoms with van der Waals surface area (Å²) in [6.45, 7) is 0. The summed E-state index contributed by atoms with van der Waals surface area (Å²) in [5.74, 6) is 2.07. The molecule has 1 aromatic carbocycles. The standard InChI is InChI=1S/C16H22O2/c1-18-13-8-5-12(6-9-13)7-10-15-14-4-2-3-11-16(14,15)17/h5-6,8-9,14-15,17H,2-4,7,10-11H2,1H3/t14-,15+,16+/m1/s1. The Kier molecular flexibility index (Phi) is 3.06. The molecule has 2 heteroatoms. The van der Waals surface area contributed by atoms with Gasteiger partial charge in [-0.2, -0.15) is 0 Å². The lowest BCUT2D eigenvalue weighted by Gasteiger charge is -2.15. The van der Waals surface area contributed by atoms with E-state index in [4.69, 9.17) is 4.74 Å². The van der Waals surface area contributed by atoms with Crippen molar-refractivity contribution in [2.24, 2.45) is 11.8 Å². The van der Waals surface area contributed by atoms with E-state index in [1.807, 2.05) is 12.1 Å². The normalized spacial score (nSPS) is 33.9. The van der Waals surface area contributed by atoms with Crippen LogP contribution < -0.4 is 4.74 Å². The maximum absolute atomic E-state index is 10.4. The van der Waals surface area contributed by atoms with Crippen molar-refractivity contribution in [3.05, 3.63) is 29.8 Å². The van der Waals surface area contributed by atoms with Crippen molar-refractivity contribution in [1.82, 2.24) is 0 Å². The third kappa shape index (κ3) is 2.03. The van der Waals surface area contributed by atoms with Crippen molar-refractivity contribution >= 4 is 0 Å². The van der Waals surface area contributed by atoms with Crippen molar-refractivity contribution in [3.63, 3.8) is 0 Å². The topological polar surface area (TPSA) is 29.5 Å². The van der Waals surface area contributed by atoms with Crippen LogP contribution in [0.2, 0.25) is 0 Å². The van der Waals surface area contributed by atoms with Gasteiger partial charge >= 0.3 is 0 Å². The Balaban J connectivity index is 1.55. The zero-order chi connectivity index (χ0) is 12.6. The van der Waals surface area contributed by atoms with E-state index in [9.17, 15) is 5.11 Å². The first-order valence-corrected chi connectivity index (χ1v) is 7.09.